The molecule has 0 unspecified atom stereocenters. The molecule has 0 saturated carbocycles. The van der Waals surface area contributed by atoms with E-state index in [1.807, 2.05) is 0 Å². The standard InChI is InChI=1S/C12H16BrClO4/c1-16-10-5-8(6-11(17-2)12(10)13)9(15)7-18-4-3-14/h5-6,9,15H,3-4,7H2,1-2H3/t9-/m1/s1. The maximum Gasteiger partial charge on any atom is 0.137 e. The summed E-state index contributed by atoms with van der Waals surface area (Å²) in [7, 11) is 3.11. The number of hydrogen-bond acceptors (Lipinski definition) is 4. The van der Waals surface area contributed by atoms with Crippen LogP contribution in [0.1, 0.15) is 11.7 Å². The van der Waals surface area contributed by atoms with E-state index in [2.05, 4.69) is 15.9 Å². The highest BCUT2D eigenvalue weighted by atomic mass is 79.9. The Balaban J connectivity index is 2.87. The van der Waals surface area contributed by atoms with Crippen molar-refractivity contribution in [2.75, 3.05) is 33.3 Å². The van der Waals surface area contributed by atoms with Gasteiger partial charge in [-0.25, -0.2) is 0 Å². The van der Waals surface area contributed by atoms with E-state index in [9.17, 15) is 5.11 Å². The summed E-state index contributed by atoms with van der Waals surface area (Å²) >= 11 is 8.86. The molecule has 0 aromatic heterocycles. The van der Waals surface area contributed by atoms with E-state index in [1.165, 1.54) is 0 Å². The van der Waals surface area contributed by atoms with Gasteiger partial charge in [0, 0.05) is 5.88 Å². The maximum atomic E-state index is 9.98. The van der Waals surface area contributed by atoms with Crippen molar-refractivity contribution in [3.8, 4) is 11.5 Å². The van der Waals surface area contributed by atoms with Gasteiger partial charge in [0.05, 0.1) is 27.4 Å². The lowest BCUT2D eigenvalue weighted by Gasteiger charge is -2.15. The van der Waals surface area contributed by atoms with Gasteiger partial charge >= 0.3 is 0 Å². The Labute approximate surface area is 120 Å². The topological polar surface area (TPSA) is 47.9 Å². The van der Waals surface area contributed by atoms with Crippen LogP contribution in [0.3, 0.4) is 0 Å². The normalized spacial score (nSPS) is 12.3. The monoisotopic (exact) mass is 338 g/mol. The molecule has 0 radical (unpaired) electrons. The molecule has 0 heterocycles. The molecule has 0 spiro atoms. The van der Waals surface area contributed by atoms with E-state index in [4.69, 9.17) is 25.8 Å². The number of aliphatic hydroxyl groups is 1. The lowest BCUT2D eigenvalue weighted by Crippen LogP contribution is -2.09. The van der Waals surface area contributed by atoms with E-state index in [0.29, 0.717) is 34.0 Å². The summed E-state index contributed by atoms with van der Waals surface area (Å²) in [5, 5.41) is 9.98. The quantitative estimate of drug-likeness (QED) is 0.613. The summed E-state index contributed by atoms with van der Waals surface area (Å²) in [5.41, 5.74) is 0.668. The predicted molar refractivity (Wildman–Crippen MR) is 73.7 cm³/mol. The fourth-order valence-corrected chi connectivity index (χ4v) is 2.09. The van der Waals surface area contributed by atoms with Gasteiger partial charge in [-0.15, -0.1) is 11.6 Å². The third kappa shape index (κ3) is 4.02. The van der Waals surface area contributed by atoms with Crippen molar-refractivity contribution >= 4 is 27.5 Å². The lowest BCUT2D eigenvalue weighted by molar-refractivity contribution is 0.0426. The average Bonchev–Trinajstić information content (AvgIpc) is 2.39. The zero-order valence-electron chi connectivity index (χ0n) is 10.3. The summed E-state index contributed by atoms with van der Waals surface area (Å²) in [5.74, 6) is 1.60. The molecular weight excluding hydrogens is 323 g/mol. The van der Waals surface area contributed by atoms with Gasteiger partial charge < -0.3 is 19.3 Å². The second kappa shape index (κ2) is 7.84. The largest absolute Gasteiger partial charge is 0.495 e. The molecule has 1 aromatic rings. The molecule has 6 heteroatoms. The second-order valence-corrected chi connectivity index (χ2v) is 4.69. The molecule has 1 rings (SSSR count). The zero-order chi connectivity index (χ0) is 13.5. The first-order valence-electron chi connectivity index (χ1n) is 5.37. The molecule has 1 aromatic carbocycles. The molecule has 0 bridgehead atoms. The van der Waals surface area contributed by atoms with Gasteiger partial charge in [0.15, 0.2) is 0 Å². The van der Waals surface area contributed by atoms with Gasteiger partial charge in [-0.3, -0.25) is 0 Å². The summed E-state index contributed by atoms with van der Waals surface area (Å²) < 4.78 is 16.3. The molecule has 0 aliphatic heterocycles. The first-order valence-corrected chi connectivity index (χ1v) is 6.70. The molecular formula is C12H16BrClO4. The molecule has 0 aliphatic carbocycles. The Hall–Kier alpha value is -0.490. The third-order valence-corrected chi connectivity index (χ3v) is 3.29. The van der Waals surface area contributed by atoms with Crippen LogP contribution in [-0.2, 0) is 4.74 Å². The van der Waals surface area contributed by atoms with Gasteiger partial charge in [-0.1, -0.05) is 0 Å². The van der Waals surface area contributed by atoms with Crippen LogP contribution in [0.4, 0.5) is 0 Å². The second-order valence-electron chi connectivity index (χ2n) is 3.52. The summed E-state index contributed by atoms with van der Waals surface area (Å²) in [6.45, 7) is 0.587. The minimum absolute atomic E-state index is 0.181. The molecule has 0 aliphatic rings. The Morgan fingerprint density at radius 3 is 2.28 bits per heavy atom. The molecule has 4 nitrogen and oxygen atoms in total. The number of rotatable bonds is 7. The fraction of sp³-hybridized carbons (Fsp3) is 0.500. The SMILES string of the molecule is COc1cc([C@H](O)COCCCl)cc(OC)c1Br. The molecule has 0 saturated heterocycles. The molecule has 1 N–H and O–H groups in total. The van der Waals surface area contributed by atoms with Crippen molar-refractivity contribution in [1.29, 1.82) is 0 Å². The summed E-state index contributed by atoms with van der Waals surface area (Å²) in [6, 6.07) is 3.47. The van der Waals surface area contributed by atoms with Gasteiger partial charge in [-0.05, 0) is 33.6 Å². The van der Waals surface area contributed by atoms with E-state index >= 15 is 0 Å². The van der Waals surface area contributed by atoms with Crippen molar-refractivity contribution < 1.29 is 19.3 Å². The average molecular weight is 340 g/mol. The minimum atomic E-state index is -0.746. The predicted octanol–water partition coefficient (Wildman–Crippen LogP) is 2.76. The Bertz CT molecular complexity index is 361. The Morgan fingerprint density at radius 1 is 1.28 bits per heavy atom. The van der Waals surface area contributed by atoms with E-state index in [-0.39, 0.29) is 6.61 Å². The van der Waals surface area contributed by atoms with Crippen LogP contribution in [-0.4, -0.2) is 38.4 Å². The van der Waals surface area contributed by atoms with Gasteiger partial charge in [0.1, 0.15) is 22.1 Å². The number of benzene rings is 1. The maximum absolute atomic E-state index is 9.98. The molecule has 102 valence electrons. The smallest absolute Gasteiger partial charge is 0.137 e. The van der Waals surface area contributed by atoms with Crippen LogP contribution >= 0.6 is 27.5 Å². The number of hydrogen-bond donors (Lipinski definition) is 1. The van der Waals surface area contributed by atoms with Crippen LogP contribution in [0.2, 0.25) is 0 Å². The van der Waals surface area contributed by atoms with Gasteiger partial charge in [-0.2, -0.15) is 0 Å². The molecule has 18 heavy (non-hydrogen) atoms. The Morgan fingerprint density at radius 2 is 1.83 bits per heavy atom. The summed E-state index contributed by atoms with van der Waals surface area (Å²) in [4.78, 5) is 0. The van der Waals surface area contributed by atoms with Crippen molar-refractivity contribution in [2.24, 2.45) is 0 Å². The lowest BCUT2D eigenvalue weighted by atomic mass is 10.1. The number of alkyl halides is 1. The number of methoxy groups -OCH3 is 2. The third-order valence-electron chi connectivity index (χ3n) is 2.35. The first-order chi connectivity index (χ1) is 8.63. The highest BCUT2D eigenvalue weighted by molar-refractivity contribution is 9.10. The van der Waals surface area contributed by atoms with Crippen LogP contribution in [0.5, 0.6) is 11.5 Å². The van der Waals surface area contributed by atoms with E-state index < -0.39 is 6.10 Å². The molecule has 1 atom stereocenters. The van der Waals surface area contributed by atoms with Crippen LogP contribution in [0, 0.1) is 0 Å². The number of halogens is 2. The highest BCUT2D eigenvalue weighted by Crippen LogP contribution is 2.37. The molecule has 0 fully saturated rings. The van der Waals surface area contributed by atoms with Gasteiger partial charge in [0.25, 0.3) is 0 Å². The summed E-state index contributed by atoms with van der Waals surface area (Å²) in [6.07, 6.45) is -0.746. The van der Waals surface area contributed by atoms with Crippen LogP contribution in [0.25, 0.3) is 0 Å². The number of aliphatic hydroxyl groups excluding tert-OH is 1. The minimum Gasteiger partial charge on any atom is -0.495 e. The Kier molecular flexibility index (Phi) is 6.78. The highest BCUT2D eigenvalue weighted by Gasteiger charge is 2.15. The van der Waals surface area contributed by atoms with E-state index in [0.717, 1.165) is 0 Å². The van der Waals surface area contributed by atoms with Crippen LogP contribution in [0.15, 0.2) is 16.6 Å². The van der Waals surface area contributed by atoms with Crippen molar-refractivity contribution in [2.45, 2.75) is 6.10 Å². The van der Waals surface area contributed by atoms with Crippen molar-refractivity contribution in [3.63, 3.8) is 0 Å². The first kappa shape index (κ1) is 15.6. The van der Waals surface area contributed by atoms with E-state index in [1.54, 1.807) is 26.4 Å². The van der Waals surface area contributed by atoms with Gasteiger partial charge in [0.2, 0.25) is 0 Å². The van der Waals surface area contributed by atoms with Crippen molar-refractivity contribution in [3.05, 3.63) is 22.2 Å². The molecule has 0 amide bonds. The van der Waals surface area contributed by atoms with Crippen LogP contribution < -0.4 is 9.47 Å². The number of ether oxygens (including phenoxy) is 3. The zero-order valence-corrected chi connectivity index (χ0v) is 12.6. The fourth-order valence-electron chi connectivity index (χ4n) is 1.43. The van der Waals surface area contributed by atoms with Crippen molar-refractivity contribution in [1.82, 2.24) is 0 Å².